The fraction of sp³-hybridized carbons (Fsp3) is 0.467. The summed E-state index contributed by atoms with van der Waals surface area (Å²) in [5.41, 5.74) is 0.655. The Morgan fingerprint density at radius 1 is 1.30 bits per heavy atom. The molecule has 5 heteroatoms. The third-order valence-corrected chi connectivity index (χ3v) is 3.83. The molecular weight excluding hydrogens is 369 g/mol. The van der Waals surface area contributed by atoms with E-state index in [1.54, 1.807) is 13.0 Å². The first kappa shape index (κ1) is 16.9. The van der Waals surface area contributed by atoms with Gasteiger partial charge in [-0.1, -0.05) is 19.4 Å². The van der Waals surface area contributed by atoms with Gasteiger partial charge < -0.3 is 10.4 Å². The first-order chi connectivity index (χ1) is 9.40. The van der Waals surface area contributed by atoms with E-state index in [0.717, 1.165) is 16.4 Å². The van der Waals surface area contributed by atoms with Gasteiger partial charge in [0, 0.05) is 15.2 Å². The molecule has 0 radical (unpaired) electrons. The molecule has 1 aromatic rings. The second-order valence-electron chi connectivity index (χ2n) is 5.06. The summed E-state index contributed by atoms with van der Waals surface area (Å²) in [4.78, 5) is 22.7. The van der Waals surface area contributed by atoms with Crippen LogP contribution in [-0.2, 0) is 4.79 Å². The van der Waals surface area contributed by atoms with Gasteiger partial charge in [0.25, 0.3) is 5.91 Å². The summed E-state index contributed by atoms with van der Waals surface area (Å²) in [7, 11) is 0. The summed E-state index contributed by atoms with van der Waals surface area (Å²) in [6.07, 6.45) is 2.22. The number of nitrogens with one attached hydrogen (secondary N) is 1. The van der Waals surface area contributed by atoms with Gasteiger partial charge in [0.05, 0.1) is 5.92 Å². The first-order valence-electron chi connectivity index (χ1n) is 6.69. The van der Waals surface area contributed by atoms with Gasteiger partial charge >= 0.3 is 5.97 Å². The van der Waals surface area contributed by atoms with Gasteiger partial charge in [0.2, 0.25) is 0 Å². The van der Waals surface area contributed by atoms with Crippen LogP contribution in [0.4, 0.5) is 0 Å². The number of carboxylic acids is 1. The fourth-order valence-corrected chi connectivity index (χ4v) is 2.41. The van der Waals surface area contributed by atoms with Crippen LogP contribution >= 0.6 is 22.6 Å². The predicted molar refractivity (Wildman–Crippen MR) is 86.7 cm³/mol. The molecule has 2 unspecified atom stereocenters. The normalized spacial score (nSPS) is 13.6. The zero-order chi connectivity index (χ0) is 15.1. The smallest absolute Gasteiger partial charge is 0.306 e. The molecule has 1 amide bonds. The van der Waals surface area contributed by atoms with Crippen molar-refractivity contribution in [1.29, 1.82) is 0 Å². The SMILES string of the molecule is CC(CCCC(C)C(=O)O)NC(=O)c1cccc(I)c1. The van der Waals surface area contributed by atoms with Crippen molar-refractivity contribution < 1.29 is 14.7 Å². The third-order valence-electron chi connectivity index (χ3n) is 3.16. The molecule has 4 nitrogen and oxygen atoms in total. The number of hydrogen-bond acceptors (Lipinski definition) is 2. The van der Waals surface area contributed by atoms with E-state index in [9.17, 15) is 9.59 Å². The van der Waals surface area contributed by atoms with Crippen LogP contribution in [0.3, 0.4) is 0 Å². The molecule has 2 atom stereocenters. The van der Waals surface area contributed by atoms with E-state index in [4.69, 9.17) is 5.11 Å². The van der Waals surface area contributed by atoms with Crippen LogP contribution in [0.25, 0.3) is 0 Å². The highest BCUT2D eigenvalue weighted by Gasteiger charge is 2.13. The Kier molecular flexibility index (Phi) is 6.98. The van der Waals surface area contributed by atoms with E-state index in [2.05, 4.69) is 27.9 Å². The van der Waals surface area contributed by atoms with Crippen LogP contribution in [0.5, 0.6) is 0 Å². The first-order valence-corrected chi connectivity index (χ1v) is 7.77. The maximum atomic E-state index is 12.0. The van der Waals surface area contributed by atoms with Gasteiger partial charge in [0.1, 0.15) is 0 Å². The molecule has 0 aliphatic heterocycles. The van der Waals surface area contributed by atoms with Gasteiger partial charge in [-0.3, -0.25) is 9.59 Å². The summed E-state index contributed by atoms with van der Waals surface area (Å²) in [5.74, 6) is -1.17. The van der Waals surface area contributed by atoms with E-state index in [0.29, 0.717) is 12.0 Å². The molecule has 110 valence electrons. The van der Waals surface area contributed by atoms with Crippen LogP contribution < -0.4 is 5.32 Å². The Labute approximate surface area is 133 Å². The van der Waals surface area contributed by atoms with Gasteiger partial charge in [-0.25, -0.2) is 0 Å². The quantitative estimate of drug-likeness (QED) is 0.704. The molecule has 0 spiro atoms. The maximum Gasteiger partial charge on any atom is 0.306 e. The van der Waals surface area contributed by atoms with E-state index < -0.39 is 5.97 Å². The highest BCUT2D eigenvalue weighted by Crippen LogP contribution is 2.11. The minimum Gasteiger partial charge on any atom is -0.481 e. The van der Waals surface area contributed by atoms with Crippen molar-refractivity contribution >= 4 is 34.5 Å². The summed E-state index contributed by atoms with van der Waals surface area (Å²) in [6, 6.07) is 7.47. The molecule has 0 heterocycles. The lowest BCUT2D eigenvalue weighted by Crippen LogP contribution is -2.32. The molecule has 0 saturated heterocycles. The third kappa shape index (κ3) is 5.90. The Hall–Kier alpha value is -1.11. The zero-order valence-electron chi connectivity index (χ0n) is 11.7. The van der Waals surface area contributed by atoms with Crippen molar-refractivity contribution in [1.82, 2.24) is 5.32 Å². The van der Waals surface area contributed by atoms with Crippen molar-refractivity contribution in [2.45, 2.75) is 39.2 Å². The number of hydrogen-bond donors (Lipinski definition) is 2. The minimum atomic E-state index is -0.763. The average molecular weight is 389 g/mol. The van der Waals surface area contributed by atoms with Crippen molar-refractivity contribution in [2.24, 2.45) is 5.92 Å². The van der Waals surface area contributed by atoms with Gasteiger partial charge in [-0.15, -0.1) is 0 Å². The van der Waals surface area contributed by atoms with Crippen molar-refractivity contribution in [3.8, 4) is 0 Å². The molecule has 0 aliphatic carbocycles. The fourth-order valence-electron chi connectivity index (χ4n) is 1.86. The Morgan fingerprint density at radius 3 is 2.60 bits per heavy atom. The monoisotopic (exact) mass is 389 g/mol. The van der Waals surface area contributed by atoms with Gasteiger partial charge in [-0.05, 0) is 60.6 Å². The summed E-state index contributed by atoms with van der Waals surface area (Å²) >= 11 is 2.17. The molecule has 0 aromatic heterocycles. The highest BCUT2D eigenvalue weighted by atomic mass is 127. The second-order valence-corrected chi connectivity index (χ2v) is 6.30. The van der Waals surface area contributed by atoms with E-state index in [1.165, 1.54) is 0 Å². The van der Waals surface area contributed by atoms with Gasteiger partial charge in [-0.2, -0.15) is 0 Å². The number of benzene rings is 1. The Balaban J connectivity index is 2.37. The summed E-state index contributed by atoms with van der Waals surface area (Å²) in [6.45, 7) is 3.65. The van der Waals surface area contributed by atoms with Crippen LogP contribution in [0.2, 0.25) is 0 Å². The number of carbonyl (C=O) groups is 2. The molecule has 0 saturated carbocycles. The number of halogens is 1. The molecule has 1 rings (SSSR count). The second kappa shape index (κ2) is 8.24. The van der Waals surface area contributed by atoms with E-state index >= 15 is 0 Å². The number of amides is 1. The maximum absolute atomic E-state index is 12.0. The Bertz CT molecular complexity index is 476. The van der Waals surface area contributed by atoms with E-state index in [-0.39, 0.29) is 17.9 Å². The lowest BCUT2D eigenvalue weighted by atomic mass is 10.0. The molecule has 20 heavy (non-hydrogen) atoms. The minimum absolute atomic E-state index is 0.0429. The summed E-state index contributed by atoms with van der Waals surface area (Å²) in [5, 5.41) is 11.7. The van der Waals surface area contributed by atoms with Crippen LogP contribution in [0.1, 0.15) is 43.5 Å². The Morgan fingerprint density at radius 2 is 2.00 bits per heavy atom. The van der Waals surface area contributed by atoms with E-state index in [1.807, 2.05) is 25.1 Å². The lowest BCUT2D eigenvalue weighted by Gasteiger charge is -2.14. The van der Waals surface area contributed by atoms with Crippen molar-refractivity contribution in [3.63, 3.8) is 0 Å². The molecule has 0 fully saturated rings. The summed E-state index contributed by atoms with van der Waals surface area (Å²) < 4.78 is 1.03. The molecule has 1 aromatic carbocycles. The molecule has 2 N–H and O–H groups in total. The van der Waals surface area contributed by atoms with Crippen molar-refractivity contribution in [2.75, 3.05) is 0 Å². The number of aliphatic carboxylic acids is 1. The number of rotatable bonds is 7. The van der Waals surface area contributed by atoms with Crippen LogP contribution in [-0.4, -0.2) is 23.0 Å². The average Bonchev–Trinajstić information content (AvgIpc) is 2.38. The van der Waals surface area contributed by atoms with Crippen molar-refractivity contribution in [3.05, 3.63) is 33.4 Å². The largest absolute Gasteiger partial charge is 0.481 e. The number of carboxylic acid groups (broad SMARTS) is 1. The highest BCUT2D eigenvalue weighted by molar-refractivity contribution is 14.1. The number of carbonyl (C=O) groups excluding carboxylic acids is 1. The van der Waals surface area contributed by atoms with Crippen LogP contribution in [0.15, 0.2) is 24.3 Å². The molecule has 0 bridgehead atoms. The predicted octanol–water partition coefficient (Wildman–Crippen LogP) is 3.30. The van der Waals surface area contributed by atoms with Gasteiger partial charge in [0.15, 0.2) is 0 Å². The molecule has 0 aliphatic rings. The molecular formula is C15H20INO3. The topological polar surface area (TPSA) is 66.4 Å². The zero-order valence-corrected chi connectivity index (χ0v) is 13.9. The standard InChI is InChI=1S/C15H20INO3/c1-10(15(19)20)5-3-6-11(2)17-14(18)12-7-4-8-13(16)9-12/h4,7-11H,3,5-6H2,1-2H3,(H,17,18)(H,19,20). The lowest BCUT2D eigenvalue weighted by molar-refractivity contribution is -0.141. The van der Waals surface area contributed by atoms with Crippen LogP contribution in [0, 0.1) is 9.49 Å².